The standard InChI is InChI=1S/C23H28N4O4/c24-23(9-10-23)20(22(29)26-30)25-21(28)19-7-5-18(6-8-19)17-3-1-16(2-4-17)15-27-11-13-31-14-12-27/h1-8,20,30H,9-15,24H2,(H,25,28)(H,26,29). The average molecular weight is 425 g/mol. The fourth-order valence-electron chi connectivity index (χ4n) is 3.82. The second-order valence-electron chi connectivity index (χ2n) is 8.28. The van der Waals surface area contributed by atoms with Gasteiger partial charge in [-0.2, -0.15) is 0 Å². The predicted molar refractivity (Wildman–Crippen MR) is 115 cm³/mol. The number of nitrogens with two attached hydrogens (primary N) is 1. The number of benzene rings is 2. The molecule has 0 radical (unpaired) electrons. The summed E-state index contributed by atoms with van der Waals surface area (Å²) in [4.78, 5) is 26.9. The van der Waals surface area contributed by atoms with E-state index in [1.54, 1.807) is 17.6 Å². The van der Waals surface area contributed by atoms with Gasteiger partial charge in [0.2, 0.25) is 0 Å². The maximum atomic E-state index is 12.6. The van der Waals surface area contributed by atoms with Crippen molar-refractivity contribution in [3.8, 4) is 11.1 Å². The van der Waals surface area contributed by atoms with Gasteiger partial charge in [-0.05, 0) is 41.7 Å². The van der Waals surface area contributed by atoms with Crippen molar-refractivity contribution in [2.24, 2.45) is 5.73 Å². The van der Waals surface area contributed by atoms with Crippen LogP contribution >= 0.6 is 0 Å². The van der Waals surface area contributed by atoms with Gasteiger partial charge >= 0.3 is 0 Å². The molecule has 0 bridgehead atoms. The van der Waals surface area contributed by atoms with E-state index >= 15 is 0 Å². The van der Waals surface area contributed by atoms with E-state index in [1.807, 2.05) is 12.1 Å². The number of carbonyl (C=O) groups is 2. The summed E-state index contributed by atoms with van der Waals surface area (Å²) in [5, 5.41) is 11.6. The molecule has 2 aromatic rings. The molecule has 0 spiro atoms. The Morgan fingerprint density at radius 3 is 2.16 bits per heavy atom. The van der Waals surface area contributed by atoms with Crippen molar-refractivity contribution >= 4 is 11.8 Å². The van der Waals surface area contributed by atoms with Crippen LogP contribution in [0.1, 0.15) is 28.8 Å². The van der Waals surface area contributed by atoms with Gasteiger partial charge in [0, 0.05) is 30.7 Å². The molecule has 8 heteroatoms. The van der Waals surface area contributed by atoms with Crippen molar-refractivity contribution in [3.63, 3.8) is 0 Å². The first-order valence-corrected chi connectivity index (χ1v) is 10.5. The van der Waals surface area contributed by atoms with Crippen LogP contribution in [0, 0.1) is 0 Å². The van der Waals surface area contributed by atoms with Gasteiger partial charge in [-0.25, -0.2) is 5.48 Å². The van der Waals surface area contributed by atoms with E-state index in [0.717, 1.165) is 44.0 Å². The Labute approximate surface area is 181 Å². The second kappa shape index (κ2) is 9.15. The first-order chi connectivity index (χ1) is 15.0. The van der Waals surface area contributed by atoms with Crippen molar-refractivity contribution in [1.82, 2.24) is 15.7 Å². The average Bonchev–Trinajstić information content (AvgIpc) is 3.56. The largest absolute Gasteiger partial charge is 0.379 e. The molecule has 2 aliphatic rings. The summed E-state index contributed by atoms with van der Waals surface area (Å²) < 4.78 is 5.39. The van der Waals surface area contributed by atoms with Crippen LogP contribution in [0.25, 0.3) is 11.1 Å². The second-order valence-corrected chi connectivity index (χ2v) is 8.28. The molecule has 2 fully saturated rings. The van der Waals surface area contributed by atoms with Crippen molar-refractivity contribution in [3.05, 3.63) is 59.7 Å². The highest BCUT2D eigenvalue weighted by molar-refractivity contribution is 5.98. The zero-order chi connectivity index (χ0) is 21.8. The first-order valence-electron chi connectivity index (χ1n) is 10.5. The number of hydroxylamine groups is 1. The molecular formula is C23H28N4O4. The van der Waals surface area contributed by atoms with E-state index in [9.17, 15) is 9.59 Å². The van der Waals surface area contributed by atoms with Crippen LogP contribution in [0.15, 0.2) is 48.5 Å². The Kier molecular flexibility index (Phi) is 6.33. The van der Waals surface area contributed by atoms with Gasteiger partial charge in [0.25, 0.3) is 11.8 Å². The lowest BCUT2D eigenvalue weighted by atomic mass is 10.0. The summed E-state index contributed by atoms with van der Waals surface area (Å²) in [5.74, 6) is -1.11. The van der Waals surface area contributed by atoms with Crippen LogP contribution < -0.4 is 16.5 Å². The third-order valence-corrected chi connectivity index (χ3v) is 5.99. The smallest absolute Gasteiger partial charge is 0.267 e. The van der Waals surface area contributed by atoms with Gasteiger partial charge in [-0.1, -0.05) is 36.4 Å². The Bertz CT molecular complexity index is 920. The molecule has 1 atom stereocenters. The van der Waals surface area contributed by atoms with Crippen LogP contribution in [-0.4, -0.2) is 59.8 Å². The molecule has 8 nitrogen and oxygen atoms in total. The third-order valence-electron chi connectivity index (χ3n) is 5.99. The van der Waals surface area contributed by atoms with E-state index in [-0.39, 0.29) is 0 Å². The summed E-state index contributed by atoms with van der Waals surface area (Å²) in [6.07, 6.45) is 1.23. The summed E-state index contributed by atoms with van der Waals surface area (Å²) in [7, 11) is 0. The first kappa shape index (κ1) is 21.5. The molecule has 1 aliphatic heterocycles. The summed E-state index contributed by atoms with van der Waals surface area (Å²) in [6, 6.07) is 14.6. The number of ether oxygens (including phenoxy) is 1. The molecule has 2 amide bonds. The van der Waals surface area contributed by atoms with Gasteiger partial charge < -0.3 is 15.8 Å². The van der Waals surface area contributed by atoms with Crippen molar-refractivity contribution in [2.75, 3.05) is 26.3 Å². The molecule has 2 aromatic carbocycles. The Balaban J connectivity index is 1.39. The minimum atomic E-state index is -0.969. The van der Waals surface area contributed by atoms with Crippen molar-refractivity contribution < 1.29 is 19.5 Å². The molecule has 1 aliphatic carbocycles. The monoisotopic (exact) mass is 424 g/mol. The lowest BCUT2D eigenvalue weighted by Crippen LogP contribution is -2.57. The quantitative estimate of drug-likeness (QED) is 0.393. The molecule has 0 aromatic heterocycles. The lowest BCUT2D eigenvalue weighted by molar-refractivity contribution is -0.131. The zero-order valence-corrected chi connectivity index (χ0v) is 17.3. The maximum absolute atomic E-state index is 12.6. The van der Waals surface area contributed by atoms with Crippen LogP contribution in [-0.2, 0) is 16.1 Å². The Hall–Kier alpha value is -2.78. The minimum absolute atomic E-state index is 0.405. The summed E-state index contributed by atoms with van der Waals surface area (Å²) in [6.45, 7) is 4.40. The fraction of sp³-hybridized carbons (Fsp3) is 0.391. The minimum Gasteiger partial charge on any atom is -0.379 e. The predicted octanol–water partition coefficient (Wildman–Crippen LogP) is 1.28. The van der Waals surface area contributed by atoms with Gasteiger partial charge in [-0.15, -0.1) is 0 Å². The van der Waals surface area contributed by atoms with E-state index in [1.165, 1.54) is 5.56 Å². The number of carbonyl (C=O) groups excluding carboxylic acids is 2. The van der Waals surface area contributed by atoms with Crippen LogP contribution in [0.3, 0.4) is 0 Å². The van der Waals surface area contributed by atoms with E-state index in [4.69, 9.17) is 15.7 Å². The highest BCUT2D eigenvalue weighted by Gasteiger charge is 2.50. The van der Waals surface area contributed by atoms with Gasteiger partial charge in [0.05, 0.1) is 13.2 Å². The normalized spacial score (nSPS) is 18.8. The lowest BCUT2D eigenvalue weighted by Gasteiger charge is -2.26. The maximum Gasteiger partial charge on any atom is 0.267 e. The number of nitrogens with one attached hydrogen (secondary N) is 2. The number of amides is 2. The molecule has 1 heterocycles. The van der Waals surface area contributed by atoms with Crippen LogP contribution in [0.4, 0.5) is 0 Å². The van der Waals surface area contributed by atoms with Crippen molar-refractivity contribution in [2.45, 2.75) is 31.0 Å². The van der Waals surface area contributed by atoms with Gasteiger partial charge in [0.15, 0.2) is 0 Å². The van der Waals surface area contributed by atoms with Gasteiger partial charge in [-0.3, -0.25) is 19.7 Å². The van der Waals surface area contributed by atoms with Crippen LogP contribution in [0.2, 0.25) is 0 Å². The van der Waals surface area contributed by atoms with Crippen LogP contribution in [0.5, 0.6) is 0 Å². The highest BCUT2D eigenvalue weighted by atomic mass is 16.5. The SMILES string of the molecule is NC1(C(NC(=O)c2ccc(-c3ccc(CN4CCOCC4)cc3)cc2)C(=O)NO)CC1. The van der Waals surface area contributed by atoms with Crippen molar-refractivity contribution in [1.29, 1.82) is 0 Å². The molecule has 164 valence electrons. The topological polar surface area (TPSA) is 117 Å². The number of morpholine rings is 1. The zero-order valence-electron chi connectivity index (χ0n) is 17.3. The molecule has 1 saturated heterocycles. The summed E-state index contributed by atoms with van der Waals surface area (Å²) >= 11 is 0. The third kappa shape index (κ3) is 5.11. The Morgan fingerprint density at radius 1 is 1.03 bits per heavy atom. The molecular weight excluding hydrogens is 396 g/mol. The number of hydrogen-bond acceptors (Lipinski definition) is 6. The van der Waals surface area contributed by atoms with E-state index in [0.29, 0.717) is 18.4 Å². The molecule has 31 heavy (non-hydrogen) atoms. The van der Waals surface area contributed by atoms with E-state index < -0.39 is 23.4 Å². The molecule has 5 N–H and O–H groups in total. The number of hydrogen-bond donors (Lipinski definition) is 4. The molecule has 1 unspecified atom stereocenters. The Morgan fingerprint density at radius 2 is 1.61 bits per heavy atom. The van der Waals surface area contributed by atoms with Gasteiger partial charge in [0.1, 0.15) is 6.04 Å². The number of nitrogens with zero attached hydrogens (tertiary/aromatic N) is 1. The molecule has 1 saturated carbocycles. The highest BCUT2D eigenvalue weighted by Crippen LogP contribution is 2.36. The number of rotatable bonds is 7. The molecule has 4 rings (SSSR count). The fourth-order valence-corrected chi connectivity index (χ4v) is 3.82. The summed E-state index contributed by atoms with van der Waals surface area (Å²) in [5.41, 5.74) is 10.6. The van der Waals surface area contributed by atoms with E-state index in [2.05, 4.69) is 34.5 Å².